The molecule has 0 saturated carbocycles. The molecule has 0 spiro atoms. The minimum Gasteiger partial charge on any atom is -0.0807 e. The van der Waals surface area contributed by atoms with E-state index in [4.69, 9.17) is 0 Å². The zero-order chi connectivity index (χ0) is 13.0. The molecule has 0 unspecified atom stereocenters. The summed E-state index contributed by atoms with van der Waals surface area (Å²) < 4.78 is 0. The first-order valence-corrected chi connectivity index (χ1v) is 6.72. The zero-order valence-electron chi connectivity index (χ0n) is 11.4. The molecule has 18 heavy (non-hydrogen) atoms. The molecule has 92 valence electrons. The van der Waals surface area contributed by atoms with Crippen LogP contribution in [0, 0.1) is 6.92 Å². The summed E-state index contributed by atoms with van der Waals surface area (Å²) in [7, 11) is 0. The molecule has 0 bridgehead atoms. The van der Waals surface area contributed by atoms with Gasteiger partial charge in [0.1, 0.15) is 0 Å². The summed E-state index contributed by atoms with van der Waals surface area (Å²) in [6.45, 7) is 6.17. The predicted molar refractivity (Wildman–Crippen MR) is 82.0 cm³/mol. The molecule has 0 saturated heterocycles. The molecule has 0 nitrogen and oxygen atoms in total. The number of hydrogen-bond donors (Lipinski definition) is 0. The number of allylic oxidation sites excluding steroid dienone is 2. The average molecular weight is 236 g/mol. The standard InChI is InChI=1S/C16H14.C2H6/c1-12-6-5-9-16-14(12)11-10-13-7-3-2-4-8-15(13)16;1-2/h2,4-11H,3H2,1H3;1-2H3. The third kappa shape index (κ3) is 2.24. The summed E-state index contributed by atoms with van der Waals surface area (Å²) in [6, 6.07) is 11.0. The quantitative estimate of drug-likeness (QED) is 0.654. The lowest BCUT2D eigenvalue weighted by atomic mass is 10.0. The third-order valence-corrected chi connectivity index (χ3v) is 3.23. The van der Waals surface area contributed by atoms with Crippen molar-refractivity contribution in [2.75, 3.05) is 0 Å². The number of benzene rings is 2. The second kappa shape index (κ2) is 5.68. The van der Waals surface area contributed by atoms with Gasteiger partial charge in [0.05, 0.1) is 0 Å². The lowest BCUT2D eigenvalue weighted by molar-refractivity contribution is 1.46. The van der Waals surface area contributed by atoms with Crippen molar-refractivity contribution in [3.63, 3.8) is 0 Å². The molecular weight excluding hydrogens is 216 g/mol. The van der Waals surface area contributed by atoms with Crippen LogP contribution in [-0.4, -0.2) is 0 Å². The maximum atomic E-state index is 2.29. The van der Waals surface area contributed by atoms with Gasteiger partial charge in [-0.1, -0.05) is 68.5 Å². The normalized spacial score (nSPS) is 12.6. The molecule has 0 radical (unpaired) electrons. The van der Waals surface area contributed by atoms with Crippen molar-refractivity contribution in [3.05, 3.63) is 58.5 Å². The summed E-state index contributed by atoms with van der Waals surface area (Å²) in [5, 5.41) is 5.43. The molecule has 2 aromatic rings. The molecule has 1 aliphatic rings. The Balaban J connectivity index is 0.000000574. The smallest absolute Gasteiger partial charge is 0.0103 e. The van der Waals surface area contributed by atoms with E-state index < -0.39 is 0 Å². The highest BCUT2D eigenvalue weighted by atomic mass is 14.0. The summed E-state index contributed by atoms with van der Waals surface area (Å²) in [4.78, 5) is 0. The Labute approximate surface area is 109 Å². The predicted octanol–water partition coefficient (Wildman–Crippen LogP) is 3.70. The van der Waals surface area contributed by atoms with Gasteiger partial charge in [-0.05, 0) is 40.1 Å². The van der Waals surface area contributed by atoms with E-state index in [1.165, 1.54) is 26.8 Å². The number of fused-ring (bicyclic) bond motifs is 3. The molecule has 0 heterocycles. The Hall–Kier alpha value is -1.82. The Morgan fingerprint density at radius 1 is 0.944 bits per heavy atom. The first kappa shape index (κ1) is 12.6. The van der Waals surface area contributed by atoms with Gasteiger partial charge >= 0.3 is 0 Å². The van der Waals surface area contributed by atoms with Crippen LogP contribution in [0.2, 0.25) is 0 Å². The van der Waals surface area contributed by atoms with E-state index in [9.17, 15) is 0 Å². The summed E-state index contributed by atoms with van der Waals surface area (Å²) >= 11 is 0. The van der Waals surface area contributed by atoms with Crippen LogP contribution < -0.4 is 10.4 Å². The summed E-state index contributed by atoms with van der Waals surface area (Å²) in [5.41, 5.74) is 1.35. The van der Waals surface area contributed by atoms with Crippen LogP contribution in [0.25, 0.3) is 22.9 Å². The monoisotopic (exact) mass is 236 g/mol. The lowest BCUT2D eigenvalue weighted by Crippen LogP contribution is -2.24. The van der Waals surface area contributed by atoms with Gasteiger partial charge in [0.25, 0.3) is 0 Å². The maximum absolute atomic E-state index is 2.29. The van der Waals surface area contributed by atoms with Crippen LogP contribution in [0.4, 0.5) is 0 Å². The molecule has 0 atom stereocenters. The summed E-state index contributed by atoms with van der Waals surface area (Å²) in [5.74, 6) is 0. The topological polar surface area (TPSA) is 0 Å². The highest BCUT2D eigenvalue weighted by Crippen LogP contribution is 2.13. The minimum absolute atomic E-state index is 1.03. The highest BCUT2D eigenvalue weighted by molar-refractivity contribution is 5.87. The van der Waals surface area contributed by atoms with Crippen molar-refractivity contribution in [3.8, 4) is 0 Å². The van der Waals surface area contributed by atoms with Gasteiger partial charge < -0.3 is 0 Å². The van der Waals surface area contributed by atoms with Crippen molar-refractivity contribution in [1.29, 1.82) is 0 Å². The van der Waals surface area contributed by atoms with Crippen LogP contribution in [0.15, 0.2) is 42.5 Å². The van der Waals surface area contributed by atoms with Gasteiger partial charge in [0, 0.05) is 0 Å². The van der Waals surface area contributed by atoms with E-state index in [-0.39, 0.29) is 0 Å². The third-order valence-electron chi connectivity index (χ3n) is 3.23. The molecule has 0 N–H and O–H groups in total. The lowest BCUT2D eigenvalue weighted by Gasteiger charge is -2.02. The van der Waals surface area contributed by atoms with E-state index in [2.05, 4.69) is 61.6 Å². The number of aryl methyl sites for hydroxylation is 1. The maximum Gasteiger partial charge on any atom is -0.0103 e. The first-order chi connectivity index (χ1) is 8.86. The Morgan fingerprint density at radius 3 is 2.61 bits per heavy atom. The van der Waals surface area contributed by atoms with Crippen LogP contribution in [-0.2, 0) is 0 Å². The minimum atomic E-state index is 1.03. The Morgan fingerprint density at radius 2 is 1.78 bits per heavy atom. The van der Waals surface area contributed by atoms with Crippen molar-refractivity contribution in [2.24, 2.45) is 0 Å². The van der Waals surface area contributed by atoms with Crippen LogP contribution in [0.5, 0.6) is 0 Å². The van der Waals surface area contributed by atoms with E-state index in [0.29, 0.717) is 0 Å². The van der Waals surface area contributed by atoms with Gasteiger partial charge in [-0.15, -0.1) is 0 Å². The largest absolute Gasteiger partial charge is 0.0807 e. The fourth-order valence-electron chi connectivity index (χ4n) is 2.36. The van der Waals surface area contributed by atoms with E-state index in [0.717, 1.165) is 6.42 Å². The molecule has 0 aromatic heterocycles. The van der Waals surface area contributed by atoms with Gasteiger partial charge in [0.2, 0.25) is 0 Å². The first-order valence-electron chi connectivity index (χ1n) is 6.72. The average Bonchev–Trinajstić information content (AvgIpc) is 2.66. The van der Waals surface area contributed by atoms with Crippen LogP contribution in [0.1, 0.15) is 25.8 Å². The fourth-order valence-corrected chi connectivity index (χ4v) is 2.36. The second-order valence-corrected chi connectivity index (χ2v) is 4.27. The van der Waals surface area contributed by atoms with E-state index >= 15 is 0 Å². The molecule has 2 aromatic carbocycles. The van der Waals surface area contributed by atoms with Gasteiger partial charge in [0.15, 0.2) is 0 Å². The van der Waals surface area contributed by atoms with Gasteiger partial charge in [-0.2, -0.15) is 0 Å². The molecular formula is C18H20. The SMILES string of the molecule is CC.Cc1cccc2c3c(ccc12)=CCC=CC=3. The highest BCUT2D eigenvalue weighted by Gasteiger charge is 1.99. The second-order valence-electron chi connectivity index (χ2n) is 4.27. The van der Waals surface area contributed by atoms with Crippen LogP contribution >= 0.6 is 0 Å². The Kier molecular flexibility index (Phi) is 3.99. The molecule has 0 fully saturated rings. The van der Waals surface area contributed by atoms with Gasteiger partial charge in [-0.25, -0.2) is 0 Å². The van der Waals surface area contributed by atoms with Crippen LogP contribution in [0.3, 0.4) is 0 Å². The van der Waals surface area contributed by atoms with E-state index in [1.54, 1.807) is 0 Å². The van der Waals surface area contributed by atoms with E-state index in [1.807, 2.05) is 13.8 Å². The zero-order valence-corrected chi connectivity index (χ0v) is 11.4. The van der Waals surface area contributed by atoms with Crippen molar-refractivity contribution in [1.82, 2.24) is 0 Å². The molecule has 0 aliphatic heterocycles. The molecule has 3 rings (SSSR count). The summed E-state index contributed by atoms with van der Waals surface area (Å²) in [6.07, 6.45) is 9.89. The number of rotatable bonds is 0. The van der Waals surface area contributed by atoms with Gasteiger partial charge in [-0.3, -0.25) is 0 Å². The molecule has 1 aliphatic carbocycles. The van der Waals surface area contributed by atoms with Crippen molar-refractivity contribution in [2.45, 2.75) is 27.2 Å². The van der Waals surface area contributed by atoms with Crippen molar-refractivity contribution < 1.29 is 0 Å². The Bertz CT molecular complexity index is 688. The fraction of sp³-hybridized carbons (Fsp3) is 0.222. The molecule has 0 heteroatoms. The van der Waals surface area contributed by atoms with Crippen molar-refractivity contribution >= 4 is 22.9 Å². The molecule has 0 amide bonds. The number of hydrogen-bond acceptors (Lipinski definition) is 0.